The molecule has 0 aliphatic carbocycles. The van der Waals surface area contributed by atoms with Crippen molar-refractivity contribution in [1.82, 2.24) is 4.98 Å². The van der Waals surface area contributed by atoms with Crippen LogP contribution in [0.3, 0.4) is 0 Å². The Hall–Kier alpha value is -1.36. The summed E-state index contributed by atoms with van der Waals surface area (Å²) in [6, 6.07) is 2.43. The first-order chi connectivity index (χ1) is 6.63. The maximum atomic E-state index is 10.4. The second-order valence-electron chi connectivity index (χ2n) is 2.59. The van der Waals surface area contributed by atoms with Gasteiger partial charge in [-0.05, 0) is 6.42 Å². The van der Waals surface area contributed by atoms with Crippen LogP contribution in [-0.2, 0) is 0 Å². The molecule has 0 saturated heterocycles. The van der Waals surface area contributed by atoms with Crippen molar-refractivity contribution in [3.63, 3.8) is 0 Å². The van der Waals surface area contributed by atoms with Gasteiger partial charge in [0.1, 0.15) is 5.15 Å². The summed E-state index contributed by atoms with van der Waals surface area (Å²) in [6.07, 6.45) is 0.808. The molecule has 76 valence electrons. The van der Waals surface area contributed by atoms with Crippen LogP contribution in [0, 0.1) is 10.1 Å². The summed E-state index contributed by atoms with van der Waals surface area (Å²) in [5.41, 5.74) is -0.115. The standard InChI is InChI=1S/C8H9ClN2O3/c1-2-3-14-8-5-6(11(12)13)4-7(9)10-8/h4-5H,2-3H2,1H3. The van der Waals surface area contributed by atoms with Crippen molar-refractivity contribution in [2.24, 2.45) is 0 Å². The third-order valence-corrected chi connectivity index (χ3v) is 1.61. The second-order valence-corrected chi connectivity index (χ2v) is 2.98. The first kappa shape index (κ1) is 10.7. The molecule has 0 bridgehead atoms. The van der Waals surface area contributed by atoms with Crippen LogP contribution < -0.4 is 4.74 Å². The highest BCUT2D eigenvalue weighted by Gasteiger charge is 2.10. The van der Waals surface area contributed by atoms with Crippen molar-refractivity contribution >= 4 is 17.3 Å². The van der Waals surface area contributed by atoms with Gasteiger partial charge in [0.15, 0.2) is 0 Å². The van der Waals surface area contributed by atoms with Crippen molar-refractivity contribution < 1.29 is 9.66 Å². The van der Waals surface area contributed by atoms with Crippen molar-refractivity contribution in [3.05, 3.63) is 27.4 Å². The predicted molar refractivity (Wildman–Crippen MR) is 51.7 cm³/mol. The Balaban J connectivity index is 2.89. The Morgan fingerprint density at radius 2 is 2.36 bits per heavy atom. The van der Waals surface area contributed by atoms with Crippen LogP contribution in [0.2, 0.25) is 5.15 Å². The van der Waals surface area contributed by atoms with Gasteiger partial charge in [0.25, 0.3) is 5.69 Å². The van der Waals surface area contributed by atoms with Crippen LogP contribution in [0.5, 0.6) is 5.88 Å². The molecule has 0 N–H and O–H groups in total. The fourth-order valence-electron chi connectivity index (χ4n) is 0.846. The average Bonchev–Trinajstić information content (AvgIpc) is 2.14. The summed E-state index contributed by atoms with van der Waals surface area (Å²) in [7, 11) is 0. The molecule has 1 rings (SSSR count). The summed E-state index contributed by atoms with van der Waals surface area (Å²) in [5, 5.41) is 10.5. The predicted octanol–water partition coefficient (Wildman–Crippen LogP) is 2.43. The fraction of sp³-hybridized carbons (Fsp3) is 0.375. The molecule has 0 aliphatic heterocycles. The lowest BCUT2D eigenvalue weighted by Gasteiger charge is -2.02. The Bertz CT molecular complexity index is 343. The van der Waals surface area contributed by atoms with Gasteiger partial charge in [0.05, 0.1) is 23.7 Å². The normalized spacial score (nSPS) is 9.86. The first-order valence-electron chi connectivity index (χ1n) is 4.08. The van der Waals surface area contributed by atoms with Crippen LogP contribution in [-0.4, -0.2) is 16.5 Å². The fourth-order valence-corrected chi connectivity index (χ4v) is 1.04. The number of hydrogen-bond acceptors (Lipinski definition) is 4. The lowest BCUT2D eigenvalue weighted by molar-refractivity contribution is -0.385. The van der Waals surface area contributed by atoms with E-state index < -0.39 is 4.92 Å². The minimum absolute atomic E-state index is 0.0605. The molecule has 5 nitrogen and oxygen atoms in total. The highest BCUT2D eigenvalue weighted by atomic mass is 35.5. The third kappa shape index (κ3) is 2.85. The van der Waals surface area contributed by atoms with Gasteiger partial charge < -0.3 is 4.74 Å². The van der Waals surface area contributed by atoms with Gasteiger partial charge >= 0.3 is 0 Å². The number of rotatable bonds is 4. The molecule has 1 heterocycles. The van der Waals surface area contributed by atoms with E-state index in [0.29, 0.717) is 6.61 Å². The number of hydrogen-bond donors (Lipinski definition) is 0. The van der Waals surface area contributed by atoms with Crippen LogP contribution in [0.25, 0.3) is 0 Å². The van der Waals surface area contributed by atoms with E-state index in [1.165, 1.54) is 12.1 Å². The number of nitro groups is 1. The zero-order valence-electron chi connectivity index (χ0n) is 7.57. The monoisotopic (exact) mass is 216 g/mol. The van der Waals surface area contributed by atoms with Gasteiger partial charge in [-0.25, -0.2) is 4.98 Å². The zero-order chi connectivity index (χ0) is 10.6. The largest absolute Gasteiger partial charge is 0.477 e. The van der Waals surface area contributed by atoms with E-state index in [4.69, 9.17) is 16.3 Å². The molecule has 0 fully saturated rings. The van der Waals surface area contributed by atoms with Gasteiger partial charge in [-0.3, -0.25) is 10.1 Å². The molecule has 0 saturated carbocycles. The average molecular weight is 217 g/mol. The Kier molecular flexibility index (Phi) is 3.64. The molecular formula is C8H9ClN2O3. The molecule has 0 spiro atoms. The zero-order valence-corrected chi connectivity index (χ0v) is 8.32. The van der Waals surface area contributed by atoms with Crippen molar-refractivity contribution in [3.8, 4) is 5.88 Å². The third-order valence-electron chi connectivity index (χ3n) is 1.42. The first-order valence-corrected chi connectivity index (χ1v) is 4.46. The van der Waals surface area contributed by atoms with E-state index in [1.807, 2.05) is 6.92 Å². The highest BCUT2D eigenvalue weighted by molar-refractivity contribution is 6.29. The molecular weight excluding hydrogens is 208 g/mol. The van der Waals surface area contributed by atoms with Crippen LogP contribution in [0.15, 0.2) is 12.1 Å². The van der Waals surface area contributed by atoms with E-state index in [1.54, 1.807) is 0 Å². The molecule has 14 heavy (non-hydrogen) atoms. The van der Waals surface area contributed by atoms with Crippen LogP contribution in [0.1, 0.15) is 13.3 Å². The molecule has 1 aromatic rings. The molecule has 6 heteroatoms. The Morgan fingerprint density at radius 1 is 1.64 bits per heavy atom. The van der Waals surface area contributed by atoms with Crippen molar-refractivity contribution in [1.29, 1.82) is 0 Å². The Labute approximate surface area is 85.8 Å². The molecule has 0 amide bonds. The topological polar surface area (TPSA) is 65.3 Å². The van der Waals surface area contributed by atoms with Crippen LogP contribution in [0.4, 0.5) is 5.69 Å². The maximum Gasteiger partial charge on any atom is 0.277 e. The number of halogens is 1. The van der Waals surface area contributed by atoms with E-state index in [-0.39, 0.29) is 16.7 Å². The minimum Gasteiger partial charge on any atom is -0.477 e. The van der Waals surface area contributed by atoms with Gasteiger partial charge in [-0.1, -0.05) is 18.5 Å². The quantitative estimate of drug-likeness (QED) is 0.441. The lowest BCUT2D eigenvalue weighted by Crippen LogP contribution is -1.98. The van der Waals surface area contributed by atoms with E-state index in [2.05, 4.69) is 4.98 Å². The summed E-state index contributed by atoms with van der Waals surface area (Å²) in [5.74, 6) is 0.186. The molecule has 0 unspecified atom stereocenters. The number of aromatic nitrogens is 1. The molecule has 1 aromatic heterocycles. The van der Waals surface area contributed by atoms with Gasteiger partial charge in [-0.2, -0.15) is 0 Å². The smallest absolute Gasteiger partial charge is 0.277 e. The highest BCUT2D eigenvalue weighted by Crippen LogP contribution is 2.21. The molecule has 0 atom stereocenters. The van der Waals surface area contributed by atoms with E-state index in [9.17, 15) is 10.1 Å². The molecule has 0 aliphatic rings. The van der Waals surface area contributed by atoms with Crippen molar-refractivity contribution in [2.45, 2.75) is 13.3 Å². The Morgan fingerprint density at radius 3 is 2.93 bits per heavy atom. The summed E-state index contributed by atoms with van der Waals surface area (Å²) in [4.78, 5) is 13.7. The SMILES string of the molecule is CCCOc1cc([N+](=O)[O-])cc(Cl)n1. The maximum absolute atomic E-state index is 10.4. The lowest BCUT2D eigenvalue weighted by atomic mass is 10.4. The number of nitrogens with zero attached hydrogens (tertiary/aromatic N) is 2. The minimum atomic E-state index is -0.535. The number of pyridine rings is 1. The van der Waals surface area contributed by atoms with Crippen molar-refractivity contribution in [2.75, 3.05) is 6.61 Å². The second kappa shape index (κ2) is 4.76. The molecule has 0 radical (unpaired) electrons. The van der Waals surface area contributed by atoms with E-state index in [0.717, 1.165) is 6.42 Å². The van der Waals surface area contributed by atoms with Gasteiger partial charge in [0.2, 0.25) is 5.88 Å². The molecule has 0 aromatic carbocycles. The van der Waals surface area contributed by atoms with Crippen LogP contribution >= 0.6 is 11.6 Å². The number of ether oxygens (including phenoxy) is 1. The summed E-state index contributed by atoms with van der Waals surface area (Å²) >= 11 is 5.58. The summed E-state index contributed by atoms with van der Waals surface area (Å²) < 4.78 is 5.13. The van der Waals surface area contributed by atoms with E-state index >= 15 is 0 Å². The summed E-state index contributed by atoms with van der Waals surface area (Å²) in [6.45, 7) is 2.39. The van der Waals surface area contributed by atoms with Gasteiger partial charge in [0, 0.05) is 0 Å². The van der Waals surface area contributed by atoms with Gasteiger partial charge in [-0.15, -0.1) is 0 Å².